The lowest BCUT2D eigenvalue weighted by atomic mass is 9.89. The molecule has 3 heterocycles. The van der Waals surface area contributed by atoms with Crippen LogP contribution in [-0.4, -0.2) is 121 Å². The van der Waals surface area contributed by atoms with Crippen molar-refractivity contribution in [3.8, 4) is 28.6 Å². The molecule has 10 atom stereocenters. The Morgan fingerprint density at radius 2 is 1.40 bits per heavy atom. The Labute approximate surface area is 242 Å². The van der Waals surface area contributed by atoms with E-state index in [1.165, 1.54) is 7.11 Å². The van der Waals surface area contributed by atoms with Crippen molar-refractivity contribution in [3.05, 3.63) is 52.2 Å². The first-order valence-corrected chi connectivity index (χ1v) is 13.3. The maximum absolute atomic E-state index is 13.3. The highest BCUT2D eigenvalue weighted by atomic mass is 16.7. The van der Waals surface area contributed by atoms with Gasteiger partial charge in [0.25, 0.3) is 0 Å². The highest BCUT2D eigenvalue weighted by Gasteiger charge is 2.48. The third kappa shape index (κ3) is 5.56. The summed E-state index contributed by atoms with van der Waals surface area (Å²) in [5, 5.41) is 92.8. The van der Waals surface area contributed by atoms with E-state index in [1.807, 2.05) is 0 Å². The minimum atomic E-state index is -1.90. The summed E-state index contributed by atoms with van der Waals surface area (Å²) in [5.74, 6) is -0.594. The monoisotopic (exact) mass is 608 g/mol. The van der Waals surface area contributed by atoms with E-state index in [2.05, 4.69) is 0 Å². The van der Waals surface area contributed by atoms with Gasteiger partial charge in [-0.2, -0.15) is 0 Å². The molecule has 3 aromatic rings. The van der Waals surface area contributed by atoms with Crippen molar-refractivity contribution < 1.29 is 69.3 Å². The van der Waals surface area contributed by atoms with Gasteiger partial charge < -0.3 is 69.3 Å². The van der Waals surface area contributed by atoms with Crippen molar-refractivity contribution in [2.24, 2.45) is 0 Å². The first kappa shape index (κ1) is 31.1. The van der Waals surface area contributed by atoms with Crippen LogP contribution in [0.4, 0.5) is 0 Å². The number of benzene rings is 2. The van der Waals surface area contributed by atoms with Gasteiger partial charge in [0.15, 0.2) is 11.0 Å². The molecular formula is C28H32O15. The molecule has 2 fully saturated rings. The molecule has 2 aromatic carbocycles. The molecule has 0 bridgehead atoms. The van der Waals surface area contributed by atoms with E-state index in [0.717, 1.165) is 12.1 Å². The van der Waals surface area contributed by atoms with Gasteiger partial charge >= 0.3 is 0 Å². The Kier molecular flexibility index (Phi) is 8.92. The first-order chi connectivity index (χ1) is 20.5. The molecule has 0 amide bonds. The zero-order valence-electron chi connectivity index (χ0n) is 22.6. The Balaban J connectivity index is 1.72. The molecule has 2 saturated heterocycles. The SMILES string of the molecule is COc1ccc(-c2cc(=O)c3c(O)cc(O[C@@H]4O[C@@H](CO)[C@@H](O)[C@H](O)[C@H]4O)c([C@@H]4O[C@H](CO)[C@@H](O)[C@H](O)[C@H]4O)c3o2)cc1. The van der Waals surface area contributed by atoms with Gasteiger partial charge in [-0.05, 0) is 24.3 Å². The van der Waals surface area contributed by atoms with Crippen LogP contribution in [0.5, 0.6) is 17.2 Å². The van der Waals surface area contributed by atoms with E-state index >= 15 is 0 Å². The quantitative estimate of drug-likeness (QED) is 0.139. The van der Waals surface area contributed by atoms with E-state index in [-0.39, 0.29) is 22.3 Å². The largest absolute Gasteiger partial charge is 0.507 e. The number of methoxy groups -OCH3 is 1. The molecule has 2 aliphatic rings. The molecule has 0 spiro atoms. The average Bonchev–Trinajstić information content (AvgIpc) is 3.00. The zero-order chi connectivity index (χ0) is 31.2. The number of phenolic OH excluding ortho intramolecular Hbond substituents is 1. The van der Waals surface area contributed by atoms with Gasteiger partial charge in [-0.15, -0.1) is 0 Å². The molecule has 5 rings (SSSR count). The van der Waals surface area contributed by atoms with Crippen LogP contribution >= 0.6 is 0 Å². The second-order valence-corrected chi connectivity index (χ2v) is 10.3. The summed E-state index contributed by atoms with van der Waals surface area (Å²) in [7, 11) is 1.47. The molecule has 9 N–H and O–H groups in total. The Hall–Kier alpha value is -3.35. The van der Waals surface area contributed by atoms with Gasteiger partial charge in [0.1, 0.15) is 83.3 Å². The topological polar surface area (TPSA) is 249 Å². The number of phenols is 1. The molecule has 0 unspecified atom stereocenters. The predicted octanol–water partition coefficient (Wildman–Crippen LogP) is -2.13. The Morgan fingerprint density at radius 3 is 2.00 bits per heavy atom. The fourth-order valence-electron chi connectivity index (χ4n) is 5.21. The van der Waals surface area contributed by atoms with Crippen molar-refractivity contribution in [1.29, 1.82) is 0 Å². The van der Waals surface area contributed by atoms with Gasteiger partial charge in [-0.1, -0.05) is 0 Å². The second-order valence-electron chi connectivity index (χ2n) is 10.3. The standard InChI is InChI=1S/C28H32O15/c1-39-11-4-2-10(3-5-11)14-6-12(31)18-13(32)7-15(42-28-25(38)23(36)21(34)17(9-30)43-28)19(26(18)40-14)27-24(37)22(35)20(33)16(8-29)41-27/h2-7,16-17,20-25,27-30,32-38H,8-9H2,1H3/t16-,17+,20-,21-,22+,23+,24-,25-,27+,28-/m1/s1. The number of aliphatic hydroxyl groups excluding tert-OH is 8. The summed E-state index contributed by atoms with van der Waals surface area (Å²) in [6.07, 6.45) is -17.2. The van der Waals surface area contributed by atoms with Crippen molar-refractivity contribution in [1.82, 2.24) is 0 Å². The van der Waals surface area contributed by atoms with Crippen LogP contribution in [0.15, 0.2) is 45.6 Å². The van der Waals surface area contributed by atoms with Crippen LogP contribution in [0.3, 0.4) is 0 Å². The molecule has 43 heavy (non-hydrogen) atoms. The average molecular weight is 609 g/mol. The third-order valence-corrected chi connectivity index (χ3v) is 7.62. The van der Waals surface area contributed by atoms with Gasteiger partial charge in [0.2, 0.25) is 6.29 Å². The van der Waals surface area contributed by atoms with E-state index in [0.29, 0.717) is 11.3 Å². The van der Waals surface area contributed by atoms with Gasteiger partial charge in [-0.25, -0.2) is 0 Å². The van der Waals surface area contributed by atoms with Gasteiger partial charge in [0.05, 0.1) is 25.9 Å². The van der Waals surface area contributed by atoms with Crippen molar-refractivity contribution in [2.45, 2.75) is 61.2 Å². The van der Waals surface area contributed by atoms with Crippen molar-refractivity contribution >= 4 is 11.0 Å². The van der Waals surface area contributed by atoms with Crippen LogP contribution in [0.25, 0.3) is 22.3 Å². The Bertz CT molecular complexity index is 1490. The fraction of sp³-hybridized carbons (Fsp3) is 0.464. The van der Waals surface area contributed by atoms with E-state index in [4.69, 9.17) is 23.4 Å². The molecule has 15 heteroatoms. The number of aliphatic hydroxyl groups is 8. The predicted molar refractivity (Wildman–Crippen MR) is 143 cm³/mol. The smallest absolute Gasteiger partial charge is 0.229 e. The number of hydrogen-bond acceptors (Lipinski definition) is 15. The summed E-state index contributed by atoms with van der Waals surface area (Å²) in [5.41, 5.74) is -1.01. The third-order valence-electron chi connectivity index (χ3n) is 7.62. The van der Waals surface area contributed by atoms with Crippen LogP contribution in [0, 0.1) is 0 Å². The molecule has 15 nitrogen and oxygen atoms in total. The lowest BCUT2D eigenvalue weighted by molar-refractivity contribution is -0.278. The number of hydrogen-bond donors (Lipinski definition) is 9. The molecule has 0 radical (unpaired) electrons. The number of fused-ring (bicyclic) bond motifs is 1. The molecule has 234 valence electrons. The fourth-order valence-corrected chi connectivity index (χ4v) is 5.21. The summed E-state index contributed by atoms with van der Waals surface area (Å²) in [6.45, 7) is -1.56. The number of rotatable bonds is 7. The number of ether oxygens (including phenoxy) is 4. The summed E-state index contributed by atoms with van der Waals surface area (Å²) >= 11 is 0. The van der Waals surface area contributed by atoms with Crippen LogP contribution in [0.1, 0.15) is 11.7 Å². The summed E-state index contributed by atoms with van der Waals surface area (Å²) in [4.78, 5) is 13.3. The van der Waals surface area contributed by atoms with Gasteiger partial charge in [0, 0.05) is 17.7 Å². The van der Waals surface area contributed by atoms with Crippen LogP contribution in [0.2, 0.25) is 0 Å². The van der Waals surface area contributed by atoms with Crippen LogP contribution < -0.4 is 14.9 Å². The number of aromatic hydroxyl groups is 1. The van der Waals surface area contributed by atoms with Crippen LogP contribution in [-0.2, 0) is 9.47 Å². The maximum atomic E-state index is 13.3. The molecule has 1 aromatic heterocycles. The van der Waals surface area contributed by atoms with Gasteiger partial charge in [-0.3, -0.25) is 4.79 Å². The summed E-state index contributed by atoms with van der Waals surface area (Å²) < 4.78 is 28.2. The van der Waals surface area contributed by atoms with E-state index in [9.17, 15) is 50.8 Å². The summed E-state index contributed by atoms with van der Waals surface area (Å²) in [6, 6.07) is 8.42. The molecule has 0 aliphatic carbocycles. The Morgan fingerprint density at radius 1 is 0.791 bits per heavy atom. The highest BCUT2D eigenvalue weighted by Crippen LogP contribution is 2.45. The normalized spacial score (nSPS) is 33.0. The lowest BCUT2D eigenvalue weighted by Crippen LogP contribution is -2.60. The van der Waals surface area contributed by atoms with E-state index in [1.54, 1.807) is 24.3 Å². The second kappa shape index (κ2) is 12.3. The minimum absolute atomic E-state index is 0.00427. The zero-order valence-corrected chi connectivity index (χ0v) is 22.6. The first-order valence-electron chi connectivity index (χ1n) is 13.3. The van der Waals surface area contributed by atoms with Crippen molar-refractivity contribution in [2.75, 3.05) is 20.3 Å². The molecule has 2 aliphatic heterocycles. The minimum Gasteiger partial charge on any atom is -0.507 e. The lowest BCUT2D eigenvalue weighted by Gasteiger charge is -2.42. The maximum Gasteiger partial charge on any atom is 0.229 e. The molecule has 0 saturated carbocycles. The van der Waals surface area contributed by atoms with E-state index < -0.39 is 91.4 Å². The highest BCUT2D eigenvalue weighted by molar-refractivity contribution is 5.89. The van der Waals surface area contributed by atoms with Crippen molar-refractivity contribution in [3.63, 3.8) is 0 Å². The molecular weight excluding hydrogens is 576 g/mol.